The number of anilines is 1. The maximum absolute atomic E-state index is 12.6. The molecule has 2 N–H and O–H groups in total. The maximum atomic E-state index is 12.6. The van der Waals surface area contributed by atoms with Crippen LogP contribution in [0.3, 0.4) is 0 Å². The van der Waals surface area contributed by atoms with Crippen molar-refractivity contribution in [3.63, 3.8) is 0 Å². The fourth-order valence-electron chi connectivity index (χ4n) is 2.81. The Labute approximate surface area is 169 Å². The summed E-state index contributed by atoms with van der Waals surface area (Å²) >= 11 is 3.30. The third kappa shape index (κ3) is 3.68. The first-order valence-corrected chi connectivity index (χ1v) is 9.32. The second-order valence-electron chi connectivity index (χ2n) is 6.04. The number of carbonyl (C=O) groups excluding carboxylic acids is 1. The molecule has 6 heteroatoms. The first-order chi connectivity index (χ1) is 13.6. The van der Waals surface area contributed by atoms with Gasteiger partial charge in [0.1, 0.15) is 11.4 Å². The summed E-state index contributed by atoms with van der Waals surface area (Å²) in [7, 11) is 0. The maximum Gasteiger partial charge on any atom is 0.302 e. The van der Waals surface area contributed by atoms with Crippen molar-refractivity contribution in [2.75, 3.05) is 5.32 Å². The zero-order valence-electron chi connectivity index (χ0n) is 14.6. The number of aromatic hydroxyl groups is 1. The zero-order valence-corrected chi connectivity index (χ0v) is 16.2. The van der Waals surface area contributed by atoms with Crippen LogP contribution in [0.4, 0.5) is 6.01 Å². The second kappa shape index (κ2) is 7.70. The molecule has 28 heavy (non-hydrogen) atoms. The van der Waals surface area contributed by atoms with Crippen LogP contribution in [0.5, 0.6) is 5.75 Å². The molecule has 1 heterocycles. The van der Waals surface area contributed by atoms with Crippen LogP contribution in [-0.4, -0.2) is 16.0 Å². The van der Waals surface area contributed by atoms with Crippen LogP contribution in [0.1, 0.15) is 10.4 Å². The molecule has 0 saturated heterocycles. The molecule has 3 aromatic carbocycles. The van der Waals surface area contributed by atoms with Gasteiger partial charge in [0.25, 0.3) is 5.91 Å². The quantitative estimate of drug-likeness (QED) is 0.430. The molecule has 1 aromatic heterocycles. The second-order valence-corrected chi connectivity index (χ2v) is 6.96. The van der Waals surface area contributed by atoms with Gasteiger partial charge in [0.2, 0.25) is 0 Å². The van der Waals surface area contributed by atoms with Crippen LogP contribution < -0.4 is 5.32 Å². The van der Waals surface area contributed by atoms with E-state index in [9.17, 15) is 9.90 Å². The first kappa shape index (κ1) is 18.0. The average Bonchev–Trinajstić information content (AvgIpc) is 3.15. The van der Waals surface area contributed by atoms with Gasteiger partial charge in [-0.2, -0.15) is 4.98 Å². The molecular weight excluding hydrogens is 420 g/mol. The van der Waals surface area contributed by atoms with E-state index in [0.29, 0.717) is 15.9 Å². The van der Waals surface area contributed by atoms with Crippen molar-refractivity contribution < 1.29 is 14.3 Å². The molecule has 0 bridgehead atoms. The predicted octanol–water partition coefficient (Wildman–Crippen LogP) is 5.73. The Bertz CT molecular complexity index is 1070. The minimum Gasteiger partial charge on any atom is -0.507 e. The van der Waals surface area contributed by atoms with Gasteiger partial charge in [0.15, 0.2) is 5.76 Å². The van der Waals surface area contributed by atoms with Crippen molar-refractivity contribution in [3.8, 4) is 28.3 Å². The van der Waals surface area contributed by atoms with Crippen LogP contribution in [0.2, 0.25) is 0 Å². The first-order valence-electron chi connectivity index (χ1n) is 8.53. The van der Waals surface area contributed by atoms with Crippen LogP contribution in [0.15, 0.2) is 87.8 Å². The summed E-state index contributed by atoms with van der Waals surface area (Å²) < 4.78 is 6.56. The topological polar surface area (TPSA) is 75.4 Å². The lowest BCUT2D eigenvalue weighted by Gasteiger charge is -2.04. The molecule has 0 unspecified atom stereocenters. The van der Waals surface area contributed by atoms with Crippen molar-refractivity contribution in [3.05, 3.63) is 88.9 Å². The molecular formula is C22H15BrN2O3. The van der Waals surface area contributed by atoms with Gasteiger partial charge in [-0.15, -0.1) is 0 Å². The van der Waals surface area contributed by atoms with Gasteiger partial charge in [-0.25, -0.2) is 0 Å². The molecule has 0 aliphatic rings. The summed E-state index contributed by atoms with van der Waals surface area (Å²) in [6.07, 6.45) is 0. The molecule has 0 spiro atoms. The zero-order chi connectivity index (χ0) is 19.5. The summed E-state index contributed by atoms with van der Waals surface area (Å²) in [6.45, 7) is 0. The summed E-state index contributed by atoms with van der Waals surface area (Å²) in [5.41, 5.74) is 2.46. The number of benzene rings is 3. The lowest BCUT2D eigenvalue weighted by Crippen LogP contribution is -2.12. The van der Waals surface area contributed by atoms with E-state index in [1.54, 1.807) is 6.07 Å². The number of hydrogen-bond acceptors (Lipinski definition) is 4. The minimum absolute atomic E-state index is 0.0575. The minimum atomic E-state index is -0.515. The lowest BCUT2D eigenvalue weighted by molar-refractivity contribution is 0.102. The summed E-state index contributed by atoms with van der Waals surface area (Å²) in [4.78, 5) is 17.1. The number of halogens is 1. The van der Waals surface area contributed by atoms with E-state index in [1.165, 1.54) is 12.1 Å². The number of nitrogens with zero attached hydrogens (tertiary/aromatic N) is 1. The van der Waals surface area contributed by atoms with Gasteiger partial charge in [0.05, 0.1) is 5.56 Å². The number of phenolic OH excluding ortho intramolecular Hbond substituents is 1. The number of hydrogen-bond donors (Lipinski definition) is 2. The fraction of sp³-hybridized carbons (Fsp3) is 0. The van der Waals surface area contributed by atoms with Crippen LogP contribution in [-0.2, 0) is 0 Å². The number of carbonyl (C=O) groups is 1. The molecule has 1 amide bonds. The van der Waals surface area contributed by atoms with Crippen molar-refractivity contribution in [2.24, 2.45) is 0 Å². The summed E-state index contributed by atoms with van der Waals surface area (Å²) in [5, 5.41) is 12.6. The van der Waals surface area contributed by atoms with Crippen LogP contribution in [0, 0.1) is 0 Å². The van der Waals surface area contributed by atoms with Gasteiger partial charge in [0, 0.05) is 15.6 Å². The Hall–Kier alpha value is -3.38. The Morgan fingerprint density at radius 3 is 2.25 bits per heavy atom. The number of oxazole rings is 1. The number of amides is 1. The Kier molecular flexibility index (Phi) is 4.95. The van der Waals surface area contributed by atoms with Crippen molar-refractivity contribution in [2.45, 2.75) is 0 Å². The molecule has 0 saturated carbocycles. The lowest BCUT2D eigenvalue weighted by atomic mass is 10.1. The molecule has 0 atom stereocenters. The molecule has 138 valence electrons. The van der Waals surface area contributed by atoms with Gasteiger partial charge in [-0.05, 0) is 18.2 Å². The average molecular weight is 435 g/mol. The predicted molar refractivity (Wildman–Crippen MR) is 111 cm³/mol. The smallest absolute Gasteiger partial charge is 0.302 e. The van der Waals surface area contributed by atoms with Gasteiger partial charge in [-0.3, -0.25) is 10.1 Å². The standard InChI is InChI=1S/C22H15BrN2O3/c23-16-11-12-18(26)17(13-16)21(27)25-22-24-19(14-7-3-1-4-8-14)20(28-22)15-9-5-2-6-10-15/h1-13,26H,(H,24,25,27). The fourth-order valence-corrected chi connectivity index (χ4v) is 3.17. The van der Waals surface area contributed by atoms with Crippen molar-refractivity contribution in [1.29, 1.82) is 0 Å². The third-order valence-electron chi connectivity index (χ3n) is 4.13. The molecule has 0 fully saturated rings. The van der Waals surface area contributed by atoms with E-state index in [0.717, 1.165) is 11.1 Å². The molecule has 0 aliphatic heterocycles. The Morgan fingerprint density at radius 2 is 1.57 bits per heavy atom. The number of aromatic nitrogens is 1. The number of rotatable bonds is 4. The van der Waals surface area contributed by atoms with E-state index >= 15 is 0 Å². The monoisotopic (exact) mass is 434 g/mol. The highest BCUT2D eigenvalue weighted by molar-refractivity contribution is 9.10. The van der Waals surface area contributed by atoms with Crippen molar-refractivity contribution >= 4 is 27.9 Å². The number of nitrogens with one attached hydrogen (secondary N) is 1. The van der Waals surface area contributed by atoms with E-state index in [4.69, 9.17) is 4.42 Å². The Morgan fingerprint density at radius 1 is 0.929 bits per heavy atom. The van der Waals surface area contributed by atoms with E-state index < -0.39 is 5.91 Å². The van der Waals surface area contributed by atoms with E-state index in [1.807, 2.05) is 60.7 Å². The largest absolute Gasteiger partial charge is 0.507 e. The van der Waals surface area contributed by atoms with Gasteiger partial charge < -0.3 is 9.52 Å². The third-order valence-corrected chi connectivity index (χ3v) is 4.63. The molecule has 4 rings (SSSR count). The van der Waals surface area contributed by atoms with Crippen LogP contribution >= 0.6 is 15.9 Å². The van der Waals surface area contributed by atoms with Gasteiger partial charge >= 0.3 is 6.01 Å². The SMILES string of the molecule is O=C(Nc1nc(-c2ccccc2)c(-c2ccccc2)o1)c1cc(Br)ccc1O. The molecule has 0 radical (unpaired) electrons. The molecule has 4 aromatic rings. The van der Waals surface area contributed by atoms with E-state index in [2.05, 4.69) is 26.2 Å². The molecule has 0 aliphatic carbocycles. The summed E-state index contributed by atoms with van der Waals surface area (Å²) in [6, 6.07) is 23.8. The normalized spacial score (nSPS) is 10.6. The number of phenols is 1. The highest BCUT2D eigenvalue weighted by Gasteiger charge is 2.20. The van der Waals surface area contributed by atoms with E-state index in [-0.39, 0.29) is 17.3 Å². The highest BCUT2D eigenvalue weighted by Crippen LogP contribution is 2.34. The van der Waals surface area contributed by atoms with Gasteiger partial charge in [-0.1, -0.05) is 76.6 Å². The Balaban J connectivity index is 1.73. The highest BCUT2D eigenvalue weighted by atomic mass is 79.9. The molecule has 5 nitrogen and oxygen atoms in total. The summed E-state index contributed by atoms with van der Waals surface area (Å²) in [5.74, 6) is -0.0846. The van der Waals surface area contributed by atoms with Crippen LogP contribution in [0.25, 0.3) is 22.6 Å². The van der Waals surface area contributed by atoms with Crippen molar-refractivity contribution in [1.82, 2.24) is 4.98 Å².